The highest BCUT2D eigenvalue weighted by Crippen LogP contribution is 2.45. The second kappa shape index (κ2) is 76.9. The molecule has 0 rings (SSSR count). The zero-order valence-corrected chi connectivity index (χ0v) is 67.5. The smallest absolute Gasteiger partial charge is 0.462 e. The zero-order valence-electron chi connectivity index (χ0n) is 65.7. The Morgan fingerprint density at radius 1 is 0.279 bits per heavy atom. The second-order valence-corrected chi connectivity index (χ2v) is 30.2. The molecule has 0 aromatic carbocycles. The molecule has 104 heavy (non-hydrogen) atoms. The summed E-state index contributed by atoms with van der Waals surface area (Å²) in [4.78, 5) is 73.1. The van der Waals surface area contributed by atoms with Crippen LogP contribution in [-0.2, 0) is 65.4 Å². The molecule has 17 nitrogen and oxygen atoms in total. The average molecular weight is 1500 g/mol. The van der Waals surface area contributed by atoms with Gasteiger partial charge in [-0.1, -0.05) is 310 Å². The van der Waals surface area contributed by atoms with Gasteiger partial charge in [0.2, 0.25) is 0 Å². The van der Waals surface area contributed by atoms with E-state index in [9.17, 15) is 43.2 Å². The second-order valence-electron chi connectivity index (χ2n) is 27.3. The van der Waals surface area contributed by atoms with Crippen molar-refractivity contribution in [3.63, 3.8) is 0 Å². The lowest BCUT2D eigenvalue weighted by Gasteiger charge is -2.21. The first-order valence-corrected chi connectivity index (χ1v) is 44.1. The van der Waals surface area contributed by atoms with Crippen LogP contribution in [0.2, 0.25) is 0 Å². The minimum absolute atomic E-state index is 0.0703. The number of allylic oxidation sites excluding steroid dienone is 18. The van der Waals surface area contributed by atoms with E-state index < -0.39 is 97.5 Å². The quantitative estimate of drug-likeness (QED) is 0.0169. The van der Waals surface area contributed by atoms with Gasteiger partial charge < -0.3 is 33.8 Å². The first-order chi connectivity index (χ1) is 50.7. The van der Waals surface area contributed by atoms with Crippen molar-refractivity contribution in [2.45, 2.75) is 367 Å². The maximum atomic E-state index is 13.1. The summed E-state index contributed by atoms with van der Waals surface area (Å²) in [6.45, 7) is 4.62. The zero-order chi connectivity index (χ0) is 76.0. The number of aliphatic hydroxyl groups excluding tert-OH is 1. The first-order valence-electron chi connectivity index (χ1n) is 41.1. The van der Waals surface area contributed by atoms with Gasteiger partial charge in [-0.25, -0.2) is 9.13 Å². The number of carbonyl (C=O) groups excluding carboxylic acids is 4. The monoisotopic (exact) mass is 1500 g/mol. The Hall–Kier alpha value is -4.28. The van der Waals surface area contributed by atoms with Gasteiger partial charge in [0.05, 0.1) is 26.4 Å². The Morgan fingerprint density at radius 3 is 0.817 bits per heavy atom. The number of phosphoric acid groups is 2. The number of ether oxygens (including phenoxy) is 4. The van der Waals surface area contributed by atoms with Gasteiger partial charge in [0.15, 0.2) is 12.2 Å². The maximum absolute atomic E-state index is 13.1. The van der Waals surface area contributed by atoms with E-state index in [0.717, 1.165) is 161 Å². The Kier molecular flexibility index (Phi) is 73.7. The minimum Gasteiger partial charge on any atom is -0.462 e. The number of hydrogen-bond acceptors (Lipinski definition) is 15. The van der Waals surface area contributed by atoms with Crippen molar-refractivity contribution in [3.8, 4) is 0 Å². The Balaban J connectivity index is 5.41. The molecule has 0 bridgehead atoms. The summed E-state index contributed by atoms with van der Waals surface area (Å²) >= 11 is 0. The molecule has 0 saturated carbocycles. The summed E-state index contributed by atoms with van der Waals surface area (Å²) in [6.07, 6.45) is 83.5. The van der Waals surface area contributed by atoms with Crippen LogP contribution in [-0.4, -0.2) is 96.7 Å². The van der Waals surface area contributed by atoms with Crippen LogP contribution in [0.3, 0.4) is 0 Å². The molecule has 5 atom stereocenters. The molecule has 0 spiro atoms. The highest BCUT2D eigenvalue weighted by molar-refractivity contribution is 7.47. The summed E-state index contributed by atoms with van der Waals surface area (Å²) in [5.41, 5.74) is 0. The lowest BCUT2D eigenvalue weighted by atomic mass is 10.0. The van der Waals surface area contributed by atoms with Crippen molar-refractivity contribution in [2.24, 2.45) is 0 Å². The van der Waals surface area contributed by atoms with E-state index in [0.29, 0.717) is 32.1 Å². The predicted molar refractivity (Wildman–Crippen MR) is 427 cm³/mol. The van der Waals surface area contributed by atoms with Crippen molar-refractivity contribution in [1.29, 1.82) is 0 Å². The van der Waals surface area contributed by atoms with Crippen molar-refractivity contribution < 1.29 is 80.2 Å². The number of carbonyl (C=O) groups is 4. The minimum atomic E-state index is -4.99. The molecular formula is C85H148O17P2. The maximum Gasteiger partial charge on any atom is 0.472 e. The van der Waals surface area contributed by atoms with Crippen LogP contribution in [0.25, 0.3) is 0 Å². The number of aliphatic hydroxyl groups is 1. The highest BCUT2D eigenvalue weighted by Gasteiger charge is 2.30. The van der Waals surface area contributed by atoms with Gasteiger partial charge in [-0.2, -0.15) is 0 Å². The molecule has 0 aliphatic carbocycles. The Morgan fingerprint density at radius 2 is 0.510 bits per heavy atom. The fourth-order valence-corrected chi connectivity index (χ4v) is 12.6. The SMILES string of the molecule is CC/C=C\C/C=C\C/C=C\C/C=C\C/C=C\CCCC(=O)OCC(COP(=O)(O)OCC(O)COP(=O)(O)OCC(COC(=O)CCCCCCC/C=C\CCCCCCCC)OC(=O)CCCCCCCCCCCCCCCCC)OC(=O)CCCCCCCCC/C=C\C/C=C\C/C=C\CC. The molecule has 0 radical (unpaired) electrons. The van der Waals surface area contributed by atoms with Gasteiger partial charge in [0, 0.05) is 25.7 Å². The van der Waals surface area contributed by atoms with E-state index in [1.165, 1.54) is 103 Å². The number of unbranched alkanes of at least 4 members (excludes halogenated alkanes) is 33. The van der Waals surface area contributed by atoms with E-state index in [1.807, 2.05) is 12.2 Å². The summed E-state index contributed by atoms with van der Waals surface area (Å²) in [7, 11) is -9.98. The van der Waals surface area contributed by atoms with E-state index in [4.69, 9.17) is 37.0 Å². The fraction of sp³-hybridized carbons (Fsp3) is 0.741. The standard InChI is InChI=1S/C85H148O17P2/c1-5-9-13-17-21-25-29-33-37-39-43-46-50-54-58-62-66-70-83(88)96-76-81(102-85(90)72-68-64-60-56-52-48-44-40-38-34-30-26-22-18-14-10-6-2)78-100-104(93,94)98-74-79(86)73-97-103(91,92)99-77-80(101-84(89)71-67-63-59-55-51-47-42-36-32-28-24-20-16-12-8-4)75-95-82(87)69-65-61-57-53-49-45-41-35-31-27-23-19-15-11-7-3/h9-10,13-14,21-22,25-26,33-35,37-38,41,43,46,54,58,79-81,86H,5-8,11-12,15-20,23-24,27-32,36,39-40,42,44-45,47-53,55-57,59-78H2,1-4H3,(H,91,92)(H,93,94)/b13-9-,14-10-,25-21-,26-22-,37-33-,38-34-,41-35-,46-43-,58-54-. The molecule has 3 N–H and O–H groups in total. The van der Waals surface area contributed by atoms with Crippen LogP contribution < -0.4 is 0 Å². The molecule has 5 unspecified atom stereocenters. The van der Waals surface area contributed by atoms with E-state index in [-0.39, 0.29) is 25.7 Å². The molecule has 600 valence electrons. The van der Waals surface area contributed by atoms with Gasteiger partial charge in [-0.15, -0.1) is 0 Å². The molecule has 0 aliphatic rings. The summed E-state index contributed by atoms with van der Waals surface area (Å²) < 4.78 is 68.7. The topological polar surface area (TPSA) is 237 Å². The van der Waals surface area contributed by atoms with Crippen molar-refractivity contribution in [1.82, 2.24) is 0 Å². The first kappa shape index (κ1) is 99.7. The van der Waals surface area contributed by atoms with Gasteiger partial charge in [-0.3, -0.25) is 37.3 Å². The fourth-order valence-electron chi connectivity index (χ4n) is 11.0. The van der Waals surface area contributed by atoms with Crippen LogP contribution in [0.15, 0.2) is 109 Å². The van der Waals surface area contributed by atoms with E-state index in [2.05, 4.69) is 125 Å². The van der Waals surface area contributed by atoms with Crippen LogP contribution in [0.5, 0.6) is 0 Å². The van der Waals surface area contributed by atoms with Crippen LogP contribution >= 0.6 is 15.6 Å². The highest BCUT2D eigenvalue weighted by atomic mass is 31.2. The van der Waals surface area contributed by atoms with Gasteiger partial charge in [0.1, 0.15) is 19.3 Å². The Labute approximate surface area is 632 Å². The lowest BCUT2D eigenvalue weighted by Crippen LogP contribution is -2.30. The molecule has 0 amide bonds. The number of esters is 4. The van der Waals surface area contributed by atoms with Gasteiger partial charge in [-0.05, 0) is 122 Å². The molecule has 0 aromatic rings. The third-order valence-electron chi connectivity index (χ3n) is 17.2. The Bertz CT molecular complexity index is 2390. The molecule has 0 aliphatic heterocycles. The van der Waals surface area contributed by atoms with E-state index >= 15 is 0 Å². The third kappa shape index (κ3) is 75.9. The molecule has 0 saturated heterocycles. The molecule has 0 heterocycles. The van der Waals surface area contributed by atoms with Gasteiger partial charge in [0.25, 0.3) is 0 Å². The predicted octanol–water partition coefficient (Wildman–Crippen LogP) is 24.1. The van der Waals surface area contributed by atoms with Crippen LogP contribution in [0, 0.1) is 0 Å². The van der Waals surface area contributed by atoms with Gasteiger partial charge >= 0.3 is 39.5 Å². The summed E-state index contributed by atoms with van der Waals surface area (Å²) in [5, 5.41) is 10.7. The summed E-state index contributed by atoms with van der Waals surface area (Å²) in [5.74, 6) is -2.24. The third-order valence-corrected chi connectivity index (χ3v) is 19.1. The molecule has 19 heteroatoms. The van der Waals surface area contributed by atoms with Crippen molar-refractivity contribution in [2.75, 3.05) is 39.6 Å². The molecule has 0 aromatic heterocycles. The lowest BCUT2D eigenvalue weighted by molar-refractivity contribution is -0.161. The number of rotatable bonds is 77. The normalized spacial score (nSPS) is 14.4. The summed E-state index contributed by atoms with van der Waals surface area (Å²) in [6, 6.07) is 0. The molecule has 0 fully saturated rings. The molecular weight excluding hydrogens is 1350 g/mol. The largest absolute Gasteiger partial charge is 0.472 e. The van der Waals surface area contributed by atoms with Crippen molar-refractivity contribution in [3.05, 3.63) is 109 Å². The van der Waals surface area contributed by atoms with Crippen LogP contribution in [0.1, 0.15) is 349 Å². The van der Waals surface area contributed by atoms with Crippen LogP contribution in [0.4, 0.5) is 0 Å². The number of hydrogen-bond donors (Lipinski definition) is 3. The van der Waals surface area contributed by atoms with Crippen molar-refractivity contribution >= 4 is 39.5 Å². The van der Waals surface area contributed by atoms with E-state index in [1.54, 1.807) is 0 Å². The number of phosphoric ester groups is 2. The average Bonchev–Trinajstić information content (AvgIpc) is 0.926.